The number of methoxy groups -OCH3 is 1. The fourth-order valence-corrected chi connectivity index (χ4v) is 5.53. The van der Waals surface area contributed by atoms with Crippen LogP contribution in [-0.2, 0) is 15.0 Å². The lowest BCUT2D eigenvalue weighted by Gasteiger charge is -2.26. The van der Waals surface area contributed by atoms with Gasteiger partial charge < -0.3 is 15.0 Å². The van der Waals surface area contributed by atoms with Gasteiger partial charge in [-0.2, -0.15) is 8.42 Å². The van der Waals surface area contributed by atoms with E-state index < -0.39 is 21.8 Å². The second kappa shape index (κ2) is 10.3. The Morgan fingerprint density at radius 1 is 0.974 bits per heavy atom. The lowest BCUT2D eigenvalue weighted by Crippen LogP contribution is -2.55. The van der Waals surface area contributed by atoms with Gasteiger partial charge in [-0.1, -0.05) is 36.4 Å². The number of hydrogen-bond acceptors (Lipinski definition) is 6. The maximum Gasteiger partial charge on any atom is 0.330 e. The van der Waals surface area contributed by atoms with Crippen molar-refractivity contribution < 1.29 is 22.7 Å². The number of aromatic nitrogens is 1. The molecule has 2 atom stereocenters. The van der Waals surface area contributed by atoms with Crippen molar-refractivity contribution in [1.29, 1.82) is 0 Å². The Bertz CT molecular complexity index is 1620. The van der Waals surface area contributed by atoms with Crippen LogP contribution in [0, 0.1) is 0 Å². The maximum atomic E-state index is 13.8. The maximum absolute atomic E-state index is 13.8. The van der Waals surface area contributed by atoms with Gasteiger partial charge in [0.2, 0.25) is 0 Å². The van der Waals surface area contributed by atoms with Crippen molar-refractivity contribution >= 4 is 44.4 Å². The number of hydrogen-bond donors (Lipinski definition) is 3. The summed E-state index contributed by atoms with van der Waals surface area (Å²) in [6, 6.07) is 23.6. The number of urea groups is 1. The molecule has 11 heteroatoms. The van der Waals surface area contributed by atoms with E-state index in [4.69, 9.17) is 4.74 Å². The van der Waals surface area contributed by atoms with Gasteiger partial charge in [-0.3, -0.25) is 14.5 Å². The summed E-state index contributed by atoms with van der Waals surface area (Å²) in [4.78, 5) is 32.5. The van der Waals surface area contributed by atoms with Gasteiger partial charge in [-0.25, -0.2) is 9.52 Å². The van der Waals surface area contributed by atoms with Crippen molar-refractivity contribution in [2.45, 2.75) is 17.9 Å². The van der Waals surface area contributed by atoms with E-state index in [1.54, 1.807) is 75.0 Å². The zero-order valence-corrected chi connectivity index (χ0v) is 22.1. The zero-order chi connectivity index (χ0) is 27.6. The first-order valence-corrected chi connectivity index (χ1v) is 13.6. The highest BCUT2D eigenvalue weighted by Crippen LogP contribution is 2.52. The van der Waals surface area contributed by atoms with E-state index in [1.807, 2.05) is 35.1 Å². The van der Waals surface area contributed by atoms with E-state index in [0.29, 0.717) is 28.8 Å². The van der Waals surface area contributed by atoms with Gasteiger partial charge in [-0.05, 0) is 60.5 Å². The van der Waals surface area contributed by atoms with Gasteiger partial charge in [0.15, 0.2) is 0 Å². The van der Waals surface area contributed by atoms with Crippen LogP contribution in [0.4, 0.5) is 16.2 Å². The zero-order valence-electron chi connectivity index (χ0n) is 21.3. The number of carbonyl (C=O) groups is 2. The number of nitrogens with one attached hydrogen (secondary N) is 3. The molecule has 1 aliphatic rings. The van der Waals surface area contributed by atoms with Gasteiger partial charge in [0.05, 0.1) is 18.3 Å². The van der Waals surface area contributed by atoms with Crippen LogP contribution in [0.5, 0.6) is 5.75 Å². The average Bonchev–Trinajstić information content (AvgIpc) is 3.67. The Kier molecular flexibility index (Phi) is 6.83. The number of rotatable bonds is 8. The molecule has 3 amide bonds. The highest BCUT2D eigenvalue weighted by Gasteiger charge is 2.63. The molecule has 5 rings (SSSR count). The predicted octanol–water partition coefficient (Wildman–Crippen LogP) is 3.79. The third-order valence-corrected chi connectivity index (χ3v) is 7.71. The molecule has 0 spiro atoms. The molecular formula is C28H27N5O5S. The normalized spacial score (nSPS) is 18.2. The smallest absolute Gasteiger partial charge is 0.330 e. The predicted molar refractivity (Wildman–Crippen MR) is 149 cm³/mol. The molecule has 1 aliphatic carbocycles. The molecule has 1 heterocycles. The summed E-state index contributed by atoms with van der Waals surface area (Å²) in [5.41, 5.74) is 0.980. The average molecular weight is 546 g/mol. The molecule has 1 saturated carbocycles. The lowest BCUT2D eigenvalue weighted by atomic mass is 10.0. The first-order valence-electron chi connectivity index (χ1n) is 12.2. The number of pyridine rings is 1. The number of carbonyl (C=O) groups excluding carboxylic acids is 2. The fraction of sp³-hybridized carbons (Fsp3) is 0.179. The summed E-state index contributed by atoms with van der Waals surface area (Å²) >= 11 is 0. The van der Waals surface area contributed by atoms with Crippen molar-refractivity contribution in [3.63, 3.8) is 0 Å². The van der Waals surface area contributed by atoms with Crippen LogP contribution in [0.25, 0.3) is 10.9 Å². The summed E-state index contributed by atoms with van der Waals surface area (Å²) < 4.78 is 35.3. The number of ether oxygens (including phenoxy) is 1. The summed E-state index contributed by atoms with van der Waals surface area (Å²) in [5.74, 6) is -0.0697. The van der Waals surface area contributed by atoms with Gasteiger partial charge in [0, 0.05) is 30.2 Å². The van der Waals surface area contributed by atoms with Gasteiger partial charge in [-0.15, -0.1) is 0 Å². The lowest BCUT2D eigenvalue weighted by molar-refractivity contribution is -0.121. The number of likely N-dealkylation sites (N-methyl/N-ethyl adjacent to an activating group) is 1. The molecule has 0 saturated heterocycles. The number of fused-ring (bicyclic) bond motifs is 1. The van der Waals surface area contributed by atoms with Crippen LogP contribution in [0.3, 0.4) is 0 Å². The Hall–Kier alpha value is -4.64. The first-order chi connectivity index (χ1) is 18.7. The molecule has 1 aromatic heterocycles. The standard InChI is InChI=1S/C28H27N5O5S/c1-33(20-13-15-21(38-2)16-14-20)26(34)28(18-23(28)19-8-4-3-5-9-19)30-27(35)32-39(36,37)31-25-12-6-11-24-22(25)10-7-17-29-24/h3-17,23,31H,18H2,1-2H3,(H2,30,32,35)/t23?,28-/m0/s1. The highest BCUT2D eigenvalue weighted by atomic mass is 32.2. The van der Waals surface area contributed by atoms with Crippen LogP contribution in [0.1, 0.15) is 17.9 Å². The SMILES string of the molecule is COc1ccc(N(C)C(=O)[C@]2(NC(=O)NS(=O)(=O)Nc3cccc4ncccc34)CC2c2ccccc2)cc1. The van der Waals surface area contributed by atoms with Crippen molar-refractivity contribution in [2.75, 3.05) is 23.8 Å². The Morgan fingerprint density at radius 3 is 2.44 bits per heavy atom. The van der Waals surface area contributed by atoms with Crippen LogP contribution >= 0.6 is 0 Å². The Balaban J connectivity index is 1.37. The fourth-order valence-electron chi connectivity index (χ4n) is 4.71. The third kappa shape index (κ3) is 5.34. The summed E-state index contributed by atoms with van der Waals surface area (Å²) in [5, 5.41) is 3.24. The second-order valence-corrected chi connectivity index (χ2v) is 10.7. The van der Waals surface area contributed by atoms with E-state index in [2.05, 4.69) is 15.0 Å². The number of amides is 3. The molecule has 0 aliphatic heterocycles. The Morgan fingerprint density at radius 2 is 1.72 bits per heavy atom. The molecule has 39 heavy (non-hydrogen) atoms. The van der Waals surface area contributed by atoms with Gasteiger partial charge in [0.25, 0.3) is 5.91 Å². The third-order valence-electron chi connectivity index (χ3n) is 6.76. The number of nitrogens with zero attached hydrogens (tertiary/aromatic N) is 2. The second-order valence-electron chi connectivity index (χ2n) is 9.24. The first kappa shape index (κ1) is 26.0. The summed E-state index contributed by atoms with van der Waals surface area (Å²) in [7, 11) is -1.17. The molecular weight excluding hydrogens is 518 g/mol. The minimum Gasteiger partial charge on any atom is -0.497 e. The molecule has 4 aromatic rings. The molecule has 200 valence electrons. The molecule has 1 unspecified atom stereocenters. The van der Waals surface area contributed by atoms with Crippen LogP contribution < -0.4 is 24.4 Å². The molecule has 0 bridgehead atoms. The molecule has 3 aromatic carbocycles. The van der Waals surface area contributed by atoms with Crippen molar-refractivity contribution in [2.24, 2.45) is 0 Å². The highest BCUT2D eigenvalue weighted by molar-refractivity contribution is 7.91. The van der Waals surface area contributed by atoms with E-state index in [0.717, 1.165) is 5.56 Å². The van der Waals surface area contributed by atoms with Crippen molar-refractivity contribution in [1.82, 2.24) is 15.0 Å². The largest absolute Gasteiger partial charge is 0.497 e. The van der Waals surface area contributed by atoms with E-state index in [-0.39, 0.29) is 17.5 Å². The van der Waals surface area contributed by atoms with Crippen LogP contribution in [0.15, 0.2) is 91.1 Å². The summed E-state index contributed by atoms with van der Waals surface area (Å²) in [6.45, 7) is 0. The molecule has 3 N–H and O–H groups in total. The minimum absolute atomic E-state index is 0.263. The minimum atomic E-state index is -4.34. The number of anilines is 2. The molecule has 1 fully saturated rings. The molecule has 10 nitrogen and oxygen atoms in total. The quantitative estimate of drug-likeness (QED) is 0.309. The van der Waals surface area contributed by atoms with E-state index in [1.165, 1.54) is 4.90 Å². The monoisotopic (exact) mass is 545 g/mol. The van der Waals surface area contributed by atoms with E-state index in [9.17, 15) is 18.0 Å². The summed E-state index contributed by atoms with van der Waals surface area (Å²) in [6.07, 6.45) is 1.91. The van der Waals surface area contributed by atoms with Crippen LogP contribution in [0.2, 0.25) is 0 Å². The van der Waals surface area contributed by atoms with Gasteiger partial charge >= 0.3 is 16.2 Å². The van der Waals surface area contributed by atoms with E-state index >= 15 is 0 Å². The molecule has 0 radical (unpaired) electrons. The van der Waals surface area contributed by atoms with Crippen molar-refractivity contribution in [3.8, 4) is 5.75 Å². The Labute approximate surface area is 226 Å². The topological polar surface area (TPSA) is 130 Å². The van der Waals surface area contributed by atoms with Gasteiger partial charge in [0.1, 0.15) is 11.3 Å². The number of benzene rings is 3. The van der Waals surface area contributed by atoms with Crippen LogP contribution in [-0.4, -0.2) is 45.0 Å². The van der Waals surface area contributed by atoms with Crippen molar-refractivity contribution in [3.05, 3.63) is 96.7 Å².